The maximum Gasteiger partial charge on any atom is 0.243 e. The predicted molar refractivity (Wildman–Crippen MR) is 85.1 cm³/mol. The number of amides is 1. The highest BCUT2D eigenvalue weighted by Crippen LogP contribution is 2.47. The van der Waals surface area contributed by atoms with Crippen molar-refractivity contribution in [1.82, 2.24) is 0 Å². The third-order valence-electron chi connectivity index (χ3n) is 4.28. The number of rotatable bonds is 1. The number of hydrogen-bond acceptors (Lipinski definition) is 3. The Morgan fingerprint density at radius 3 is 2.65 bits per heavy atom. The Morgan fingerprint density at radius 1 is 1.25 bits per heavy atom. The van der Waals surface area contributed by atoms with Gasteiger partial charge in [-0.1, -0.05) is 19.3 Å². The van der Waals surface area contributed by atoms with Crippen LogP contribution < -0.4 is 10.6 Å². The summed E-state index contributed by atoms with van der Waals surface area (Å²) in [4.78, 5) is 16.1. The molecule has 4 heteroatoms. The van der Waals surface area contributed by atoms with Gasteiger partial charge in [0.05, 0.1) is 10.4 Å². The molecular weight excluding hydrogens is 268 g/mol. The Morgan fingerprint density at radius 2 is 1.95 bits per heavy atom. The quantitative estimate of drug-likeness (QED) is 0.800. The number of carbonyl (C=O) groups is 1. The monoisotopic (exact) mass is 290 g/mol. The molecular formula is C16H22N2OS. The van der Waals surface area contributed by atoms with Crippen molar-refractivity contribution in [1.29, 1.82) is 0 Å². The van der Waals surface area contributed by atoms with E-state index in [0.717, 1.165) is 29.1 Å². The van der Waals surface area contributed by atoms with Crippen molar-refractivity contribution in [3.63, 3.8) is 0 Å². The largest absolute Gasteiger partial charge is 0.399 e. The molecule has 1 heterocycles. The van der Waals surface area contributed by atoms with E-state index in [1.54, 1.807) is 11.8 Å². The van der Waals surface area contributed by atoms with E-state index in [9.17, 15) is 4.79 Å². The first-order chi connectivity index (χ1) is 9.49. The lowest BCUT2D eigenvalue weighted by Crippen LogP contribution is -2.51. The number of benzene rings is 1. The lowest BCUT2D eigenvalue weighted by Gasteiger charge is -2.43. The molecule has 0 saturated heterocycles. The van der Waals surface area contributed by atoms with Crippen molar-refractivity contribution in [2.75, 3.05) is 10.6 Å². The van der Waals surface area contributed by atoms with Crippen LogP contribution in [0.4, 0.5) is 11.4 Å². The zero-order chi connectivity index (χ0) is 14.3. The van der Waals surface area contributed by atoms with E-state index in [4.69, 9.17) is 5.73 Å². The molecule has 2 N–H and O–H groups in total. The minimum absolute atomic E-state index is 0.242. The summed E-state index contributed by atoms with van der Waals surface area (Å²) < 4.78 is -0.405. The van der Waals surface area contributed by atoms with Crippen LogP contribution in [0.25, 0.3) is 0 Å². The molecule has 0 spiro atoms. The van der Waals surface area contributed by atoms with E-state index in [0.29, 0.717) is 6.04 Å². The van der Waals surface area contributed by atoms with Crippen LogP contribution in [0.5, 0.6) is 0 Å². The number of carbonyl (C=O) groups excluding carboxylic acids is 1. The second-order valence-corrected chi connectivity index (χ2v) is 7.97. The summed E-state index contributed by atoms with van der Waals surface area (Å²) in [6.07, 6.45) is 6.00. The third kappa shape index (κ3) is 2.30. The van der Waals surface area contributed by atoms with E-state index in [2.05, 4.69) is 4.90 Å². The minimum Gasteiger partial charge on any atom is -0.399 e. The fraction of sp³-hybridized carbons (Fsp3) is 0.562. The number of thioether (sulfide) groups is 1. The van der Waals surface area contributed by atoms with Gasteiger partial charge in [-0.15, -0.1) is 11.8 Å². The van der Waals surface area contributed by atoms with Gasteiger partial charge in [-0.3, -0.25) is 4.79 Å². The molecule has 1 aromatic rings. The first kappa shape index (κ1) is 13.8. The van der Waals surface area contributed by atoms with Crippen LogP contribution in [0.3, 0.4) is 0 Å². The Bertz CT molecular complexity index is 535. The summed E-state index contributed by atoms with van der Waals surface area (Å²) in [6.45, 7) is 4.03. The van der Waals surface area contributed by atoms with Crippen molar-refractivity contribution in [2.45, 2.75) is 61.6 Å². The topological polar surface area (TPSA) is 46.3 Å². The standard InChI is InChI=1S/C16H22N2OS/c1-16(2)15(19)18(12-6-4-3-5-7-12)13-9-8-11(17)10-14(13)20-16/h8-10,12H,3-7,17H2,1-2H3. The smallest absolute Gasteiger partial charge is 0.243 e. The summed E-state index contributed by atoms with van der Waals surface area (Å²) >= 11 is 1.63. The van der Waals surface area contributed by atoms with E-state index < -0.39 is 4.75 Å². The molecule has 1 amide bonds. The highest BCUT2D eigenvalue weighted by Gasteiger charge is 2.42. The van der Waals surface area contributed by atoms with Gasteiger partial charge in [-0.05, 0) is 44.9 Å². The Labute approximate surface area is 124 Å². The maximum absolute atomic E-state index is 12.9. The van der Waals surface area contributed by atoms with E-state index >= 15 is 0 Å². The molecule has 1 aliphatic heterocycles. The zero-order valence-electron chi connectivity index (χ0n) is 12.2. The van der Waals surface area contributed by atoms with Crippen LogP contribution in [0.1, 0.15) is 46.0 Å². The normalized spacial score (nSPS) is 22.7. The molecule has 3 nitrogen and oxygen atoms in total. The molecule has 108 valence electrons. The SMILES string of the molecule is CC1(C)Sc2cc(N)ccc2N(C2CCCCC2)C1=O. The van der Waals surface area contributed by atoms with Gasteiger partial charge in [-0.25, -0.2) is 0 Å². The average Bonchev–Trinajstić information content (AvgIpc) is 2.41. The number of hydrogen-bond donors (Lipinski definition) is 1. The van der Waals surface area contributed by atoms with Crippen LogP contribution >= 0.6 is 11.8 Å². The summed E-state index contributed by atoms with van der Waals surface area (Å²) in [7, 11) is 0. The second-order valence-electron chi connectivity index (χ2n) is 6.31. The van der Waals surface area contributed by atoms with Gasteiger partial charge in [0.2, 0.25) is 5.91 Å². The van der Waals surface area contributed by atoms with E-state index in [1.165, 1.54) is 19.3 Å². The van der Waals surface area contributed by atoms with Crippen molar-refractivity contribution in [2.24, 2.45) is 0 Å². The van der Waals surface area contributed by atoms with Crippen molar-refractivity contribution in [3.05, 3.63) is 18.2 Å². The Hall–Kier alpha value is -1.16. The second kappa shape index (κ2) is 4.99. The number of nitrogens with two attached hydrogens (primary N) is 1. The van der Waals surface area contributed by atoms with Gasteiger partial charge in [0.25, 0.3) is 0 Å². The molecule has 2 aliphatic rings. The Kier molecular flexibility index (Phi) is 3.44. The van der Waals surface area contributed by atoms with Crippen LogP contribution in [-0.4, -0.2) is 16.7 Å². The van der Waals surface area contributed by atoms with Gasteiger partial charge in [-0.2, -0.15) is 0 Å². The minimum atomic E-state index is -0.405. The average molecular weight is 290 g/mol. The summed E-state index contributed by atoms with van der Waals surface area (Å²) in [5.41, 5.74) is 7.74. The number of anilines is 2. The zero-order valence-corrected chi connectivity index (χ0v) is 13.0. The third-order valence-corrected chi connectivity index (χ3v) is 5.51. The molecule has 0 bridgehead atoms. The molecule has 0 unspecified atom stereocenters. The van der Waals surface area contributed by atoms with Crippen molar-refractivity contribution < 1.29 is 4.79 Å². The molecule has 0 atom stereocenters. The van der Waals surface area contributed by atoms with Gasteiger partial charge in [0, 0.05) is 16.6 Å². The van der Waals surface area contributed by atoms with Crippen molar-refractivity contribution >= 4 is 29.0 Å². The fourth-order valence-corrected chi connectivity index (χ4v) is 4.43. The molecule has 0 radical (unpaired) electrons. The highest BCUT2D eigenvalue weighted by atomic mass is 32.2. The molecule has 1 aliphatic carbocycles. The number of nitrogens with zero attached hydrogens (tertiary/aromatic N) is 1. The summed E-state index contributed by atoms with van der Waals surface area (Å²) in [6, 6.07) is 6.28. The van der Waals surface area contributed by atoms with Crippen LogP contribution in [0.2, 0.25) is 0 Å². The van der Waals surface area contributed by atoms with Crippen LogP contribution in [-0.2, 0) is 4.79 Å². The first-order valence-electron chi connectivity index (χ1n) is 7.41. The molecule has 1 aromatic carbocycles. The van der Waals surface area contributed by atoms with Gasteiger partial charge in [0.1, 0.15) is 0 Å². The molecule has 1 saturated carbocycles. The number of nitrogen functional groups attached to an aromatic ring is 1. The van der Waals surface area contributed by atoms with E-state index in [-0.39, 0.29) is 5.91 Å². The fourth-order valence-electron chi connectivity index (χ4n) is 3.23. The van der Waals surface area contributed by atoms with Gasteiger partial charge in [0.15, 0.2) is 0 Å². The van der Waals surface area contributed by atoms with Crippen LogP contribution in [0, 0.1) is 0 Å². The lowest BCUT2D eigenvalue weighted by molar-refractivity contribution is -0.121. The highest BCUT2D eigenvalue weighted by molar-refractivity contribution is 8.01. The molecule has 20 heavy (non-hydrogen) atoms. The molecule has 0 aromatic heterocycles. The lowest BCUT2D eigenvalue weighted by atomic mass is 9.92. The Balaban J connectivity index is 2.04. The predicted octanol–water partition coefficient (Wildman–Crippen LogP) is 3.82. The maximum atomic E-state index is 12.9. The van der Waals surface area contributed by atoms with E-state index in [1.807, 2.05) is 32.0 Å². The van der Waals surface area contributed by atoms with Crippen molar-refractivity contribution in [3.8, 4) is 0 Å². The molecule has 3 rings (SSSR count). The van der Waals surface area contributed by atoms with Crippen LogP contribution in [0.15, 0.2) is 23.1 Å². The van der Waals surface area contributed by atoms with Gasteiger partial charge < -0.3 is 10.6 Å². The number of fused-ring (bicyclic) bond motifs is 1. The van der Waals surface area contributed by atoms with Gasteiger partial charge >= 0.3 is 0 Å². The first-order valence-corrected chi connectivity index (χ1v) is 8.23. The molecule has 1 fully saturated rings. The summed E-state index contributed by atoms with van der Waals surface area (Å²) in [5, 5.41) is 0. The summed E-state index contributed by atoms with van der Waals surface area (Å²) in [5.74, 6) is 0.242.